The van der Waals surface area contributed by atoms with Gasteiger partial charge in [0.25, 0.3) is 0 Å². The van der Waals surface area contributed by atoms with Crippen LogP contribution in [0.5, 0.6) is 0 Å². The topological polar surface area (TPSA) is 46.6 Å². The van der Waals surface area contributed by atoms with Gasteiger partial charge >= 0.3 is 5.97 Å². The van der Waals surface area contributed by atoms with Gasteiger partial charge in [-0.05, 0) is 55.0 Å². The summed E-state index contributed by atoms with van der Waals surface area (Å²) in [7, 11) is 0. The summed E-state index contributed by atoms with van der Waals surface area (Å²) in [5, 5.41) is 0. The maximum Gasteiger partial charge on any atom is 0.310 e. The molecule has 1 unspecified atom stereocenters. The van der Waals surface area contributed by atoms with Crippen LogP contribution in [0.2, 0.25) is 0 Å². The lowest BCUT2D eigenvalue weighted by atomic mass is 9.93. The number of hydrogen-bond acceptors (Lipinski definition) is 4. The van der Waals surface area contributed by atoms with Gasteiger partial charge in [-0.2, -0.15) is 0 Å². The van der Waals surface area contributed by atoms with Crippen molar-refractivity contribution in [2.75, 3.05) is 26.2 Å². The molecule has 0 saturated carbocycles. The molecule has 1 saturated heterocycles. The molecule has 1 aliphatic heterocycles. The molecule has 0 spiro atoms. The van der Waals surface area contributed by atoms with E-state index in [2.05, 4.69) is 29.2 Å². The first-order valence-corrected chi connectivity index (χ1v) is 11.0. The summed E-state index contributed by atoms with van der Waals surface area (Å²) in [5.74, 6) is 0.101. The Morgan fingerprint density at radius 2 is 1.83 bits per heavy atom. The molecule has 0 bridgehead atoms. The maximum absolute atomic E-state index is 12.8. The standard InChI is InChI=1S/C26H29NO3/c1-2-30-26(29)20-10-7-15-27(18-20)16-8-14-22-21-11-4-3-9-19(21)17-25(28)24-13-6-5-12-23(22)24/h3-6,9,11-14,20H,2,7-8,10,15-18H2,1H3/b22-14+. The summed E-state index contributed by atoms with van der Waals surface area (Å²) >= 11 is 0. The molecule has 4 nitrogen and oxygen atoms in total. The van der Waals surface area contributed by atoms with Crippen LogP contribution >= 0.6 is 0 Å². The number of esters is 1. The monoisotopic (exact) mass is 403 g/mol. The Morgan fingerprint density at radius 3 is 2.63 bits per heavy atom. The predicted octanol–water partition coefficient (Wildman–Crippen LogP) is 4.52. The average molecular weight is 404 g/mol. The fourth-order valence-electron chi connectivity index (χ4n) is 4.63. The molecule has 0 aromatic heterocycles. The van der Waals surface area contributed by atoms with Crippen molar-refractivity contribution < 1.29 is 14.3 Å². The smallest absolute Gasteiger partial charge is 0.310 e. The molecule has 0 amide bonds. The SMILES string of the molecule is CCOC(=O)C1CCCN(CC/C=C2\c3ccccc3CC(=O)c3ccccc32)C1. The third-order valence-electron chi connectivity index (χ3n) is 6.10. The molecule has 1 fully saturated rings. The highest BCUT2D eigenvalue weighted by Gasteiger charge is 2.27. The van der Waals surface area contributed by atoms with E-state index in [9.17, 15) is 9.59 Å². The zero-order valence-corrected chi connectivity index (χ0v) is 17.6. The number of Topliss-reactive ketones (excluding diaryl/α,β-unsaturated/α-hetero) is 1. The Bertz CT molecular complexity index is 962. The van der Waals surface area contributed by atoms with E-state index in [0.29, 0.717) is 13.0 Å². The first-order chi connectivity index (χ1) is 14.7. The summed E-state index contributed by atoms with van der Waals surface area (Å²) in [6.45, 7) is 4.99. The number of nitrogens with zero attached hydrogens (tertiary/aromatic N) is 1. The number of benzene rings is 2. The number of hydrogen-bond donors (Lipinski definition) is 0. The number of piperidine rings is 1. The van der Waals surface area contributed by atoms with Gasteiger partial charge in [-0.3, -0.25) is 9.59 Å². The molecular formula is C26H29NO3. The van der Waals surface area contributed by atoms with Crippen molar-refractivity contribution >= 4 is 17.3 Å². The van der Waals surface area contributed by atoms with Crippen LogP contribution in [-0.4, -0.2) is 42.9 Å². The fraction of sp³-hybridized carbons (Fsp3) is 0.385. The molecule has 4 rings (SSSR count). The van der Waals surface area contributed by atoms with Crippen LogP contribution in [0.4, 0.5) is 0 Å². The quantitative estimate of drug-likeness (QED) is 0.689. The van der Waals surface area contributed by atoms with Gasteiger partial charge in [0.2, 0.25) is 0 Å². The highest BCUT2D eigenvalue weighted by molar-refractivity contribution is 6.06. The van der Waals surface area contributed by atoms with Gasteiger partial charge in [0.05, 0.1) is 12.5 Å². The molecule has 2 aromatic carbocycles. The van der Waals surface area contributed by atoms with Crippen LogP contribution in [0.25, 0.3) is 5.57 Å². The van der Waals surface area contributed by atoms with Gasteiger partial charge in [-0.25, -0.2) is 0 Å². The first kappa shape index (κ1) is 20.5. The van der Waals surface area contributed by atoms with Gasteiger partial charge in [0.15, 0.2) is 5.78 Å². The van der Waals surface area contributed by atoms with E-state index in [1.165, 1.54) is 0 Å². The van der Waals surface area contributed by atoms with Crippen molar-refractivity contribution in [3.05, 3.63) is 76.9 Å². The van der Waals surface area contributed by atoms with E-state index >= 15 is 0 Å². The summed E-state index contributed by atoms with van der Waals surface area (Å²) in [6.07, 6.45) is 5.53. The van der Waals surface area contributed by atoms with Gasteiger partial charge in [0, 0.05) is 25.1 Å². The second-order valence-electron chi connectivity index (χ2n) is 8.10. The molecule has 1 aliphatic carbocycles. The number of fused-ring (bicyclic) bond motifs is 2. The normalized spacial score (nSPS) is 20.4. The Kier molecular flexibility index (Phi) is 6.44. The average Bonchev–Trinajstić information content (AvgIpc) is 2.89. The molecule has 0 radical (unpaired) electrons. The third kappa shape index (κ3) is 4.39. The Morgan fingerprint density at radius 1 is 1.10 bits per heavy atom. The molecule has 0 N–H and O–H groups in total. The highest BCUT2D eigenvalue weighted by atomic mass is 16.5. The Labute approximate surface area is 178 Å². The minimum atomic E-state index is -0.0642. The van der Waals surface area contributed by atoms with Crippen molar-refractivity contribution in [1.29, 1.82) is 0 Å². The highest BCUT2D eigenvalue weighted by Crippen LogP contribution is 2.33. The second-order valence-corrected chi connectivity index (χ2v) is 8.10. The van der Waals surface area contributed by atoms with Crippen LogP contribution in [0.1, 0.15) is 53.2 Å². The van der Waals surface area contributed by atoms with E-state index in [1.54, 1.807) is 0 Å². The maximum atomic E-state index is 12.8. The minimum Gasteiger partial charge on any atom is -0.466 e. The van der Waals surface area contributed by atoms with Crippen molar-refractivity contribution in [1.82, 2.24) is 4.90 Å². The molecule has 1 heterocycles. The largest absolute Gasteiger partial charge is 0.466 e. The molecule has 2 aromatic rings. The fourth-order valence-corrected chi connectivity index (χ4v) is 4.63. The van der Waals surface area contributed by atoms with E-state index in [1.807, 2.05) is 37.3 Å². The van der Waals surface area contributed by atoms with Gasteiger partial charge in [0.1, 0.15) is 0 Å². The summed E-state index contributed by atoms with van der Waals surface area (Å²) in [4.78, 5) is 27.3. The molecule has 1 atom stereocenters. The lowest BCUT2D eigenvalue weighted by Crippen LogP contribution is -2.39. The molecule has 30 heavy (non-hydrogen) atoms. The molecule has 2 aliphatic rings. The van der Waals surface area contributed by atoms with Crippen LogP contribution in [0, 0.1) is 5.92 Å². The number of likely N-dealkylation sites (tertiary alicyclic amines) is 1. The van der Waals surface area contributed by atoms with Gasteiger partial charge in [-0.15, -0.1) is 0 Å². The number of carbonyl (C=O) groups is 2. The zero-order chi connectivity index (χ0) is 20.9. The van der Waals surface area contributed by atoms with Crippen molar-refractivity contribution in [3.63, 3.8) is 0 Å². The Balaban J connectivity index is 1.54. The lowest BCUT2D eigenvalue weighted by Gasteiger charge is -2.31. The van der Waals surface area contributed by atoms with Crippen LogP contribution in [-0.2, 0) is 16.0 Å². The predicted molar refractivity (Wildman–Crippen MR) is 118 cm³/mol. The first-order valence-electron chi connectivity index (χ1n) is 11.0. The summed E-state index contributed by atoms with van der Waals surface area (Å²) in [5.41, 5.74) is 5.21. The molecule has 156 valence electrons. The lowest BCUT2D eigenvalue weighted by molar-refractivity contribution is -0.149. The number of carbonyl (C=O) groups excluding carboxylic acids is 2. The second kappa shape index (κ2) is 9.40. The number of rotatable bonds is 5. The summed E-state index contributed by atoms with van der Waals surface area (Å²) in [6, 6.07) is 16.2. The van der Waals surface area contributed by atoms with Crippen molar-refractivity contribution in [2.24, 2.45) is 5.92 Å². The van der Waals surface area contributed by atoms with E-state index in [-0.39, 0.29) is 17.7 Å². The molecular weight excluding hydrogens is 374 g/mol. The number of ketones is 1. The van der Waals surface area contributed by atoms with Gasteiger partial charge < -0.3 is 9.64 Å². The van der Waals surface area contributed by atoms with Crippen LogP contribution in [0.3, 0.4) is 0 Å². The van der Waals surface area contributed by atoms with Crippen LogP contribution < -0.4 is 0 Å². The van der Waals surface area contributed by atoms with Crippen LogP contribution in [0.15, 0.2) is 54.6 Å². The number of ether oxygens (including phenoxy) is 1. The molecule has 4 heteroatoms. The minimum absolute atomic E-state index is 0.0108. The van der Waals surface area contributed by atoms with Crippen molar-refractivity contribution in [3.8, 4) is 0 Å². The third-order valence-corrected chi connectivity index (χ3v) is 6.10. The Hall–Kier alpha value is -2.72. The zero-order valence-electron chi connectivity index (χ0n) is 17.6. The van der Waals surface area contributed by atoms with E-state index in [0.717, 1.165) is 66.7 Å². The van der Waals surface area contributed by atoms with E-state index in [4.69, 9.17) is 4.74 Å². The van der Waals surface area contributed by atoms with Gasteiger partial charge in [-0.1, -0.05) is 54.6 Å². The van der Waals surface area contributed by atoms with E-state index < -0.39 is 0 Å². The van der Waals surface area contributed by atoms with Crippen molar-refractivity contribution in [2.45, 2.75) is 32.6 Å². The summed E-state index contributed by atoms with van der Waals surface area (Å²) < 4.78 is 5.22.